The molecule has 0 spiro atoms. The van der Waals surface area contributed by atoms with Crippen LogP contribution >= 0.6 is 0 Å². The van der Waals surface area contributed by atoms with Crippen LogP contribution in [0.25, 0.3) is 0 Å². The predicted molar refractivity (Wildman–Crippen MR) is 103 cm³/mol. The third-order valence-electron chi connectivity index (χ3n) is 4.17. The van der Waals surface area contributed by atoms with Gasteiger partial charge >= 0.3 is 0 Å². The summed E-state index contributed by atoms with van der Waals surface area (Å²) in [6, 6.07) is 19.9. The van der Waals surface area contributed by atoms with Crippen molar-refractivity contribution in [2.75, 3.05) is 11.9 Å². The Bertz CT molecular complexity index is 835. The van der Waals surface area contributed by atoms with Gasteiger partial charge in [0.2, 0.25) is 0 Å². The van der Waals surface area contributed by atoms with Gasteiger partial charge in [-0.1, -0.05) is 60.7 Å². The maximum atomic E-state index is 12.4. The summed E-state index contributed by atoms with van der Waals surface area (Å²) in [4.78, 5) is 23.0. The fourth-order valence-electron chi connectivity index (χ4n) is 2.67. The van der Waals surface area contributed by atoms with E-state index in [0.29, 0.717) is 5.69 Å². The van der Waals surface area contributed by atoms with Crippen LogP contribution in [0, 0.1) is 0 Å². The van der Waals surface area contributed by atoms with E-state index in [4.69, 9.17) is 0 Å². The number of hydrogen-bond acceptors (Lipinski definition) is 4. The van der Waals surface area contributed by atoms with Gasteiger partial charge in [-0.05, 0) is 18.1 Å². The molecule has 1 heterocycles. The first-order valence-corrected chi connectivity index (χ1v) is 8.56. The first kappa shape index (κ1) is 17.6. The number of hydrogen-bond donors (Lipinski definition) is 1. The number of benzene rings is 2. The van der Waals surface area contributed by atoms with Gasteiger partial charge in [0.25, 0.3) is 5.91 Å². The van der Waals surface area contributed by atoms with Crippen LogP contribution < -0.4 is 10.2 Å². The van der Waals surface area contributed by atoms with E-state index in [1.54, 1.807) is 6.20 Å². The summed E-state index contributed by atoms with van der Waals surface area (Å²) in [5.74, 6) is 0.493. The van der Waals surface area contributed by atoms with Crippen molar-refractivity contribution in [2.45, 2.75) is 19.5 Å². The monoisotopic (exact) mass is 346 g/mol. The second-order valence-electron chi connectivity index (χ2n) is 6.21. The van der Waals surface area contributed by atoms with E-state index >= 15 is 0 Å². The minimum Gasteiger partial charge on any atom is -0.354 e. The van der Waals surface area contributed by atoms with Crippen LogP contribution in [0.1, 0.15) is 34.6 Å². The molecule has 1 N–H and O–H groups in total. The lowest BCUT2D eigenvalue weighted by Crippen LogP contribution is -2.28. The standard InChI is InChI=1S/C21H22N4O/c1-16(18-11-7-4-8-12-18)24-21(26)19-13-23-20(14-22-19)25(2)15-17-9-5-3-6-10-17/h3-14,16H,15H2,1-2H3,(H,24,26). The SMILES string of the molecule is CC(NC(=O)c1cnc(N(C)Cc2ccccc2)cn1)c1ccccc1. The second kappa shape index (κ2) is 8.25. The number of carbonyl (C=O) groups is 1. The molecule has 3 rings (SSSR count). The van der Waals surface area contributed by atoms with Crippen molar-refractivity contribution in [2.24, 2.45) is 0 Å². The molecule has 0 aliphatic rings. The Morgan fingerprint density at radius 2 is 1.65 bits per heavy atom. The van der Waals surface area contributed by atoms with Crippen molar-refractivity contribution < 1.29 is 4.79 Å². The first-order valence-electron chi connectivity index (χ1n) is 8.56. The lowest BCUT2D eigenvalue weighted by Gasteiger charge is -2.18. The fraction of sp³-hybridized carbons (Fsp3) is 0.190. The molecule has 1 unspecified atom stereocenters. The van der Waals surface area contributed by atoms with Crippen LogP contribution in [0.4, 0.5) is 5.82 Å². The summed E-state index contributed by atoms with van der Waals surface area (Å²) in [6.07, 6.45) is 3.15. The summed E-state index contributed by atoms with van der Waals surface area (Å²) in [5, 5.41) is 2.95. The Kier molecular flexibility index (Phi) is 5.59. The van der Waals surface area contributed by atoms with Gasteiger partial charge in [-0.3, -0.25) is 4.79 Å². The number of nitrogens with one attached hydrogen (secondary N) is 1. The number of aromatic nitrogens is 2. The minimum absolute atomic E-state index is 0.0917. The van der Waals surface area contributed by atoms with E-state index in [-0.39, 0.29) is 11.9 Å². The number of rotatable bonds is 6. The molecule has 1 aromatic heterocycles. The summed E-state index contributed by atoms with van der Waals surface area (Å²) in [5.41, 5.74) is 2.55. The smallest absolute Gasteiger partial charge is 0.271 e. The number of anilines is 1. The zero-order valence-corrected chi connectivity index (χ0v) is 15.0. The summed E-state index contributed by atoms with van der Waals surface area (Å²) >= 11 is 0. The molecule has 26 heavy (non-hydrogen) atoms. The molecular formula is C21H22N4O. The molecule has 0 bridgehead atoms. The Labute approximate surface area is 153 Å². The predicted octanol–water partition coefficient (Wildman–Crippen LogP) is 3.60. The van der Waals surface area contributed by atoms with E-state index in [9.17, 15) is 4.79 Å². The molecule has 1 atom stereocenters. The summed E-state index contributed by atoms with van der Waals surface area (Å²) in [7, 11) is 1.95. The Balaban J connectivity index is 1.62. The average molecular weight is 346 g/mol. The molecular weight excluding hydrogens is 324 g/mol. The largest absolute Gasteiger partial charge is 0.354 e. The molecule has 1 amide bonds. The fourth-order valence-corrected chi connectivity index (χ4v) is 2.67. The zero-order valence-electron chi connectivity index (χ0n) is 15.0. The van der Waals surface area contributed by atoms with E-state index in [2.05, 4.69) is 27.4 Å². The van der Waals surface area contributed by atoms with Crippen molar-refractivity contribution in [3.05, 3.63) is 89.9 Å². The van der Waals surface area contributed by atoms with Crippen molar-refractivity contribution in [3.63, 3.8) is 0 Å². The first-order chi connectivity index (χ1) is 12.6. The van der Waals surface area contributed by atoms with E-state index in [1.807, 2.05) is 67.4 Å². The van der Waals surface area contributed by atoms with Crippen molar-refractivity contribution in [1.82, 2.24) is 15.3 Å². The third kappa shape index (κ3) is 4.45. The molecule has 0 fully saturated rings. The van der Waals surface area contributed by atoms with Crippen molar-refractivity contribution in [3.8, 4) is 0 Å². The number of carbonyl (C=O) groups excluding carboxylic acids is 1. The summed E-state index contributed by atoms with van der Waals surface area (Å²) in [6.45, 7) is 2.68. The molecule has 132 valence electrons. The van der Waals surface area contributed by atoms with Crippen LogP contribution in [0.2, 0.25) is 0 Å². The van der Waals surface area contributed by atoms with Gasteiger partial charge in [-0.15, -0.1) is 0 Å². The van der Waals surface area contributed by atoms with Gasteiger partial charge in [0.1, 0.15) is 11.5 Å². The van der Waals surface area contributed by atoms with E-state index in [0.717, 1.165) is 17.9 Å². The molecule has 3 aromatic rings. The highest BCUT2D eigenvalue weighted by Crippen LogP contribution is 2.14. The normalized spacial score (nSPS) is 11.6. The maximum Gasteiger partial charge on any atom is 0.271 e. The van der Waals surface area contributed by atoms with E-state index in [1.165, 1.54) is 11.8 Å². The Morgan fingerprint density at radius 3 is 2.27 bits per heavy atom. The highest BCUT2D eigenvalue weighted by atomic mass is 16.1. The van der Waals surface area contributed by atoms with Gasteiger partial charge in [-0.25, -0.2) is 9.97 Å². The van der Waals surface area contributed by atoms with Gasteiger partial charge in [0, 0.05) is 13.6 Å². The van der Waals surface area contributed by atoms with E-state index < -0.39 is 0 Å². The van der Waals surface area contributed by atoms with Crippen LogP contribution in [-0.4, -0.2) is 22.9 Å². The number of nitrogens with zero attached hydrogens (tertiary/aromatic N) is 3. The molecule has 0 saturated heterocycles. The maximum absolute atomic E-state index is 12.4. The molecule has 5 nitrogen and oxygen atoms in total. The Hall–Kier alpha value is -3.21. The lowest BCUT2D eigenvalue weighted by atomic mass is 10.1. The molecule has 2 aromatic carbocycles. The quantitative estimate of drug-likeness (QED) is 0.741. The van der Waals surface area contributed by atoms with Gasteiger partial charge in [0.05, 0.1) is 18.4 Å². The highest BCUT2D eigenvalue weighted by molar-refractivity contribution is 5.92. The number of amides is 1. The lowest BCUT2D eigenvalue weighted by molar-refractivity contribution is 0.0934. The van der Waals surface area contributed by atoms with Crippen molar-refractivity contribution in [1.29, 1.82) is 0 Å². The highest BCUT2D eigenvalue weighted by Gasteiger charge is 2.13. The van der Waals surface area contributed by atoms with Crippen LogP contribution in [0.15, 0.2) is 73.1 Å². The Morgan fingerprint density at radius 1 is 1.00 bits per heavy atom. The molecule has 5 heteroatoms. The van der Waals surface area contributed by atoms with Gasteiger partial charge < -0.3 is 10.2 Å². The second-order valence-corrected chi connectivity index (χ2v) is 6.21. The van der Waals surface area contributed by atoms with Crippen LogP contribution in [-0.2, 0) is 6.54 Å². The molecule has 0 radical (unpaired) electrons. The summed E-state index contributed by atoms with van der Waals surface area (Å²) < 4.78 is 0. The topological polar surface area (TPSA) is 58.1 Å². The molecule has 0 saturated carbocycles. The minimum atomic E-state index is -0.230. The van der Waals surface area contributed by atoms with Crippen LogP contribution in [0.5, 0.6) is 0 Å². The molecule has 0 aliphatic heterocycles. The van der Waals surface area contributed by atoms with Gasteiger partial charge in [-0.2, -0.15) is 0 Å². The van der Waals surface area contributed by atoms with Crippen molar-refractivity contribution >= 4 is 11.7 Å². The van der Waals surface area contributed by atoms with Gasteiger partial charge in [0.15, 0.2) is 0 Å². The molecule has 0 aliphatic carbocycles. The van der Waals surface area contributed by atoms with Crippen LogP contribution in [0.3, 0.4) is 0 Å². The third-order valence-corrected chi connectivity index (χ3v) is 4.17. The average Bonchev–Trinajstić information content (AvgIpc) is 2.69. The zero-order chi connectivity index (χ0) is 18.4.